The third-order valence-electron chi connectivity index (χ3n) is 2.60. The van der Waals surface area contributed by atoms with E-state index < -0.39 is 6.29 Å². The highest BCUT2D eigenvalue weighted by Gasteiger charge is 2.22. The summed E-state index contributed by atoms with van der Waals surface area (Å²) in [4.78, 5) is 11.3. The fourth-order valence-electron chi connectivity index (χ4n) is 1.71. The number of amides is 1. The number of nitrogens with two attached hydrogens (primary N) is 1. The van der Waals surface area contributed by atoms with Crippen molar-refractivity contribution in [2.75, 3.05) is 5.32 Å². The first-order valence-electron chi connectivity index (χ1n) is 5.38. The molecule has 2 unspecified atom stereocenters. The molecule has 1 aliphatic heterocycles. The van der Waals surface area contributed by atoms with Gasteiger partial charge in [0.1, 0.15) is 6.29 Å². The van der Waals surface area contributed by atoms with Gasteiger partial charge >= 0.3 is 0 Å². The summed E-state index contributed by atoms with van der Waals surface area (Å²) in [5, 5.41) is 9.47. The molecular weight excluding hydrogens is 240 g/mol. The molecule has 1 amide bonds. The average Bonchev–Trinajstić information content (AvgIpc) is 2.22. The Morgan fingerprint density at radius 1 is 1.53 bits per heavy atom. The van der Waals surface area contributed by atoms with E-state index in [1.165, 1.54) is 0 Å². The van der Waals surface area contributed by atoms with Crippen LogP contribution in [-0.4, -0.2) is 18.4 Å². The predicted molar refractivity (Wildman–Crippen MR) is 67.5 cm³/mol. The van der Waals surface area contributed by atoms with Crippen molar-refractivity contribution in [1.29, 1.82) is 0 Å². The Kier molecular flexibility index (Phi) is 3.51. The van der Waals surface area contributed by atoms with Gasteiger partial charge in [-0.15, -0.1) is 0 Å². The lowest BCUT2D eigenvalue weighted by atomic mass is 10.2. The monoisotopic (exact) mass is 254 g/mol. The molecule has 2 rings (SSSR count). The van der Waals surface area contributed by atoms with Gasteiger partial charge in [-0.2, -0.15) is 0 Å². The molecule has 0 bridgehead atoms. The third-order valence-corrected chi connectivity index (χ3v) is 3.01. The molecule has 0 saturated carbocycles. The summed E-state index contributed by atoms with van der Waals surface area (Å²) in [5.74, 6) is -0.0769. The number of carbonyl (C=O) groups excluding carboxylic acids is 1. The Labute approximate surface area is 105 Å². The molecule has 6 heteroatoms. The van der Waals surface area contributed by atoms with Crippen LogP contribution in [0.1, 0.15) is 12.0 Å². The maximum atomic E-state index is 11.3. The van der Waals surface area contributed by atoms with E-state index in [1.807, 2.05) is 25.1 Å². The fourth-order valence-corrected chi connectivity index (χ4v) is 1.89. The van der Waals surface area contributed by atoms with Gasteiger partial charge in [-0.25, -0.2) is 0 Å². The number of hydrogen-bond donors (Lipinski definition) is 4. The van der Waals surface area contributed by atoms with Crippen LogP contribution in [0.25, 0.3) is 0 Å². The van der Waals surface area contributed by atoms with Gasteiger partial charge in [0.25, 0.3) is 0 Å². The van der Waals surface area contributed by atoms with Crippen LogP contribution in [0.15, 0.2) is 18.2 Å². The van der Waals surface area contributed by atoms with Crippen LogP contribution in [-0.2, 0) is 4.79 Å². The normalized spacial score (nSPS) is 24.3. The van der Waals surface area contributed by atoms with Crippen LogP contribution in [0.2, 0.25) is 5.02 Å². The first kappa shape index (κ1) is 12.2. The number of aryl methyl sites for hydroxylation is 1. The van der Waals surface area contributed by atoms with Crippen molar-refractivity contribution in [2.45, 2.75) is 25.8 Å². The topological polar surface area (TPSA) is 79.2 Å². The second-order valence-electron chi connectivity index (χ2n) is 4.08. The minimum absolute atomic E-state index is 0.0769. The Morgan fingerprint density at radius 3 is 2.94 bits per heavy atom. The molecule has 1 aromatic carbocycles. The number of carbonyl (C=O) groups is 1. The summed E-state index contributed by atoms with van der Waals surface area (Å²) >= 11 is 6.02. The second-order valence-corrected chi connectivity index (χ2v) is 4.48. The zero-order valence-electron chi connectivity index (χ0n) is 9.46. The molecule has 0 aromatic heterocycles. The largest absolute Gasteiger partial charge is 0.369 e. The molecular formula is C11H15ClN4O. The van der Waals surface area contributed by atoms with Crippen molar-refractivity contribution in [1.82, 2.24) is 10.6 Å². The summed E-state index contributed by atoms with van der Waals surface area (Å²) in [6, 6.07) is 5.67. The Hall–Kier alpha value is -1.30. The maximum Gasteiger partial charge on any atom is 0.225 e. The second kappa shape index (κ2) is 4.91. The van der Waals surface area contributed by atoms with Crippen LogP contribution in [0.5, 0.6) is 0 Å². The van der Waals surface area contributed by atoms with Crippen LogP contribution < -0.4 is 21.7 Å². The Bertz CT molecular complexity index is 437. The van der Waals surface area contributed by atoms with E-state index in [4.69, 9.17) is 17.3 Å². The van der Waals surface area contributed by atoms with Gasteiger partial charge in [-0.1, -0.05) is 17.7 Å². The SMILES string of the molecule is Cc1ccc(NC2CC(=O)NC(N)N2)cc1Cl. The predicted octanol–water partition coefficient (Wildman–Crippen LogP) is 0.738. The smallest absolute Gasteiger partial charge is 0.225 e. The molecule has 1 heterocycles. The van der Waals surface area contributed by atoms with Crippen molar-refractivity contribution >= 4 is 23.2 Å². The van der Waals surface area contributed by atoms with E-state index in [2.05, 4.69) is 16.0 Å². The van der Waals surface area contributed by atoms with Crippen molar-refractivity contribution < 1.29 is 4.79 Å². The lowest BCUT2D eigenvalue weighted by Crippen LogP contribution is -2.62. The van der Waals surface area contributed by atoms with Crippen molar-refractivity contribution in [3.63, 3.8) is 0 Å². The highest BCUT2D eigenvalue weighted by atomic mass is 35.5. The van der Waals surface area contributed by atoms with Gasteiger partial charge < -0.3 is 10.6 Å². The maximum absolute atomic E-state index is 11.3. The molecule has 5 nitrogen and oxygen atoms in total. The number of halogens is 1. The lowest BCUT2D eigenvalue weighted by molar-refractivity contribution is -0.124. The highest BCUT2D eigenvalue weighted by Crippen LogP contribution is 2.20. The molecule has 1 fully saturated rings. The van der Waals surface area contributed by atoms with Gasteiger partial charge in [-0.3, -0.25) is 15.8 Å². The van der Waals surface area contributed by atoms with E-state index in [-0.39, 0.29) is 12.1 Å². The zero-order chi connectivity index (χ0) is 12.4. The van der Waals surface area contributed by atoms with Gasteiger partial charge in [0.2, 0.25) is 5.91 Å². The molecule has 0 spiro atoms. The average molecular weight is 255 g/mol. The quantitative estimate of drug-likeness (QED) is 0.628. The van der Waals surface area contributed by atoms with Crippen molar-refractivity contribution in [2.24, 2.45) is 5.73 Å². The summed E-state index contributed by atoms with van der Waals surface area (Å²) in [6.45, 7) is 1.94. The Balaban J connectivity index is 2.04. The molecule has 2 atom stereocenters. The Morgan fingerprint density at radius 2 is 2.29 bits per heavy atom. The van der Waals surface area contributed by atoms with E-state index in [0.29, 0.717) is 11.4 Å². The van der Waals surface area contributed by atoms with Crippen LogP contribution in [0, 0.1) is 6.92 Å². The third kappa shape index (κ3) is 3.09. The van der Waals surface area contributed by atoms with Crippen LogP contribution in [0.4, 0.5) is 5.69 Å². The minimum atomic E-state index is -0.519. The van der Waals surface area contributed by atoms with Crippen molar-refractivity contribution in [3.8, 4) is 0 Å². The number of rotatable bonds is 2. The van der Waals surface area contributed by atoms with Crippen LogP contribution >= 0.6 is 11.6 Å². The van der Waals surface area contributed by atoms with E-state index in [0.717, 1.165) is 11.3 Å². The first-order valence-corrected chi connectivity index (χ1v) is 5.76. The van der Waals surface area contributed by atoms with E-state index >= 15 is 0 Å². The molecule has 17 heavy (non-hydrogen) atoms. The van der Waals surface area contributed by atoms with Crippen LogP contribution in [0.3, 0.4) is 0 Å². The number of benzene rings is 1. The fraction of sp³-hybridized carbons (Fsp3) is 0.364. The zero-order valence-corrected chi connectivity index (χ0v) is 10.2. The number of nitrogens with one attached hydrogen (secondary N) is 3. The van der Waals surface area contributed by atoms with Gasteiger partial charge in [-0.05, 0) is 24.6 Å². The molecule has 5 N–H and O–H groups in total. The molecule has 1 aromatic rings. The highest BCUT2D eigenvalue weighted by molar-refractivity contribution is 6.31. The molecule has 0 radical (unpaired) electrons. The molecule has 0 aliphatic carbocycles. The van der Waals surface area contributed by atoms with Crippen molar-refractivity contribution in [3.05, 3.63) is 28.8 Å². The molecule has 1 saturated heterocycles. The molecule has 92 valence electrons. The summed E-state index contributed by atoms with van der Waals surface area (Å²) < 4.78 is 0. The summed E-state index contributed by atoms with van der Waals surface area (Å²) in [5.41, 5.74) is 7.49. The van der Waals surface area contributed by atoms with Gasteiger partial charge in [0.05, 0.1) is 12.6 Å². The van der Waals surface area contributed by atoms with E-state index in [1.54, 1.807) is 0 Å². The summed E-state index contributed by atoms with van der Waals surface area (Å²) in [7, 11) is 0. The number of hydrogen-bond acceptors (Lipinski definition) is 4. The van der Waals surface area contributed by atoms with Gasteiger partial charge in [0.15, 0.2) is 0 Å². The molecule has 1 aliphatic rings. The standard InChI is InChI=1S/C11H15ClN4O/c1-6-2-3-7(4-8(6)12)14-9-5-10(17)16-11(13)15-9/h2-4,9,11,14-15H,5,13H2,1H3,(H,16,17). The minimum Gasteiger partial charge on any atom is -0.369 e. The number of anilines is 1. The lowest BCUT2D eigenvalue weighted by Gasteiger charge is -2.30. The first-order chi connectivity index (χ1) is 8.04. The summed E-state index contributed by atoms with van der Waals surface area (Å²) in [6.07, 6.45) is -0.369. The van der Waals surface area contributed by atoms with E-state index in [9.17, 15) is 4.79 Å². The van der Waals surface area contributed by atoms with Gasteiger partial charge in [0, 0.05) is 10.7 Å².